The molecule has 2 amide bonds. The van der Waals surface area contributed by atoms with Gasteiger partial charge in [0.05, 0.1) is 5.56 Å². The lowest BCUT2D eigenvalue weighted by molar-refractivity contribution is -0.142. The van der Waals surface area contributed by atoms with Gasteiger partial charge in [0.25, 0.3) is 0 Å². The molecule has 2 unspecified atom stereocenters. The van der Waals surface area contributed by atoms with Gasteiger partial charge in [-0.25, -0.2) is 0 Å². The molecule has 0 spiro atoms. The van der Waals surface area contributed by atoms with Crippen LogP contribution in [0.5, 0.6) is 5.75 Å². The van der Waals surface area contributed by atoms with Crippen LogP contribution in [0.15, 0.2) is 24.3 Å². The highest BCUT2D eigenvalue weighted by Crippen LogP contribution is 2.31. The van der Waals surface area contributed by atoms with Crippen LogP contribution in [0.25, 0.3) is 0 Å². The van der Waals surface area contributed by atoms with Crippen LogP contribution in [0.3, 0.4) is 0 Å². The van der Waals surface area contributed by atoms with E-state index in [-0.39, 0.29) is 36.6 Å². The van der Waals surface area contributed by atoms with Crippen molar-refractivity contribution in [2.45, 2.75) is 63.3 Å². The average molecular weight is 442 g/mol. The summed E-state index contributed by atoms with van der Waals surface area (Å²) in [5, 5.41) is 12.7. The molecule has 3 rings (SSSR count). The zero-order chi connectivity index (χ0) is 22.4. The average Bonchev–Trinajstić information content (AvgIpc) is 3.26. The van der Waals surface area contributed by atoms with Crippen molar-refractivity contribution in [1.29, 1.82) is 0 Å². The summed E-state index contributed by atoms with van der Waals surface area (Å²) in [5.74, 6) is -0.292. The van der Waals surface area contributed by atoms with E-state index in [1.807, 2.05) is 0 Å². The predicted octanol–water partition coefficient (Wildman–Crippen LogP) is 3.13. The molecule has 1 heterocycles. The van der Waals surface area contributed by atoms with Crippen LogP contribution in [0.1, 0.15) is 50.5 Å². The number of benzene rings is 1. The molecule has 6 nitrogen and oxygen atoms in total. The van der Waals surface area contributed by atoms with Crippen molar-refractivity contribution in [2.24, 2.45) is 5.92 Å². The minimum atomic E-state index is -4.48. The summed E-state index contributed by atoms with van der Waals surface area (Å²) in [4.78, 5) is 27.1. The molecule has 0 radical (unpaired) electrons. The molecule has 172 valence electrons. The van der Waals surface area contributed by atoms with Crippen LogP contribution in [0.4, 0.5) is 13.2 Å². The van der Waals surface area contributed by atoms with Gasteiger partial charge in [0.2, 0.25) is 11.8 Å². The van der Waals surface area contributed by atoms with E-state index in [4.69, 9.17) is 4.74 Å². The molecule has 2 N–H and O–H groups in total. The zero-order valence-corrected chi connectivity index (χ0v) is 17.4. The lowest BCUT2D eigenvalue weighted by atomic mass is 9.88. The summed E-state index contributed by atoms with van der Waals surface area (Å²) in [6.07, 6.45) is 0.742. The first kappa shape index (κ1) is 23.4. The SMILES string of the molecule is O=C(NCC(O)COc1cccc(C(F)(F)F)c1)C1CCCN1C(=O)C1CCCCC1. The highest BCUT2D eigenvalue weighted by molar-refractivity contribution is 5.89. The topological polar surface area (TPSA) is 78.9 Å². The van der Waals surface area contributed by atoms with E-state index in [1.165, 1.54) is 12.1 Å². The van der Waals surface area contributed by atoms with Crippen LogP contribution in [0, 0.1) is 5.92 Å². The summed E-state index contributed by atoms with van der Waals surface area (Å²) in [5.41, 5.74) is -0.836. The molecule has 1 aliphatic carbocycles. The van der Waals surface area contributed by atoms with Crippen LogP contribution in [0.2, 0.25) is 0 Å². The Kier molecular flexibility index (Phi) is 7.80. The second-order valence-corrected chi connectivity index (χ2v) is 8.26. The predicted molar refractivity (Wildman–Crippen MR) is 107 cm³/mol. The second kappa shape index (κ2) is 10.3. The summed E-state index contributed by atoms with van der Waals surface area (Å²) in [6, 6.07) is 3.85. The van der Waals surface area contributed by atoms with Gasteiger partial charge in [-0.2, -0.15) is 13.2 Å². The largest absolute Gasteiger partial charge is 0.491 e. The smallest absolute Gasteiger partial charge is 0.416 e. The van der Waals surface area contributed by atoms with Crippen molar-refractivity contribution in [3.8, 4) is 5.75 Å². The van der Waals surface area contributed by atoms with Gasteiger partial charge in [-0.05, 0) is 43.9 Å². The molecule has 1 aliphatic heterocycles. The summed E-state index contributed by atoms with van der Waals surface area (Å²) in [6.45, 7) is 0.186. The molecule has 2 fully saturated rings. The van der Waals surface area contributed by atoms with Crippen LogP contribution in [-0.2, 0) is 15.8 Å². The molecule has 31 heavy (non-hydrogen) atoms. The Hall–Kier alpha value is -2.29. The quantitative estimate of drug-likeness (QED) is 0.680. The van der Waals surface area contributed by atoms with Crippen molar-refractivity contribution >= 4 is 11.8 Å². The van der Waals surface area contributed by atoms with Crippen molar-refractivity contribution in [3.63, 3.8) is 0 Å². The number of carbonyl (C=O) groups is 2. The Morgan fingerprint density at radius 3 is 2.61 bits per heavy atom. The Labute approximate surface area is 179 Å². The summed E-state index contributed by atoms with van der Waals surface area (Å²) < 4.78 is 43.5. The molecule has 0 bridgehead atoms. The fourth-order valence-corrected chi connectivity index (χ4v) is 4.24. The number of ether oxygens (including phenoxy) is 1. The molecule has 1 saturated carbocycles. The number of nitrogens with zero attached hydrogens (tertiary/aromatic N) is 1. The maximum atomic E-state index is 12.8. The van der Waals surface area contributed by atoms with E-state index in [2.05, 4.69) is 5.32 Å². The normalized spacial score (nSPS) is 21.0. The Balaban J connectivity index is 1.45. The molecule has 1 aromatic carbocycles. The number of nitrogens with one attached hydrogen (secondary N) is 1. The molecular weight excluding hydrogens is 413 g/mol. The van der Waals surface area contributed by atoms with Crippen LogP contribution in [-0.4, -0.2) is 53.7 Å². The maximum absolute atomic E-state index is 12.8. The van der Waals surface area contributed by atoms with Crippen LogP contribution < -0.4 is 10.1 Å². The molecule has 2 aliphatic rings. The van der Waals surface area contributed by atoms with Gasteiger partial charge >= 0.3 is 6.18 Å². The number of hydrogen-bond acceptors (Lipinski definition) is 4. The maximum Gasteiger partial charge on any atom is 0.416 e. The standard InChI is InChI=1S/C22H29F3N2O4/c23-22(24,25)16-8-4-9-18(12-16)31-14-17(28)13-26-20(29)19-10-5-11-27(19)21(30)15-6-2-1-3-7-15/h4,8-9,12,15,17,19,28H,1-3,5-7,10-11,13-14H2,(H,26,29). The number of aliphatic hydroxyl groups is 1. The Morgan fingerprint density at radius 1 is 1.16 bits per heavy atom. The third kappa shape index (κ3) is 6.35. The first-order valence-electron chi connectivity index (χ1n) is 10.8. The highest BCUT2D eigenvalue weighted by Gasteiger charge is 2.37. The first-order chi connectivity index (χ1) is 14.8. The number of likely N-dealkylation sites (tertiary alicyclic amines) is 1. The van der Waals surface area contributed by atoms with Gasteiger partial charge in [-0.15, -0.1) is 0 Å². The molecule has 9 heteroatoms. The number of amides is 2. The second-order valence-electron chi connectivity index (χ2n) is 8.26. The number of carbonyl (C=O) groups excluding carboxylic acids is 2. The van der Waals surface area contributed by atoms with Gasteiger partial charge in [-0.3, -0.25) is 9.59 Å². The Bertz CT molecular complexity index is 765. The van der Waals surface area contributed by atoms with E-state index < -0.39 is 23.9 Å². The lowest BCUT2D eigenvalue weighted by Gasteiger charge is -2.30. The van der Waals surface area contributed by atoms with Crippen LogP contribution >= 0.6 is 0 Å². The highest BCUT2D eigenvalue weighted by atomic mass is 19.4. The van der Waals surface area contributed by atoms with Gasteiger partial charge in [-0.1, -0.05) is 25.3 Å². The summed E-state index contributed by atoms with van der Waals surface area (Å²) >= 11 is 0. The number of alkyl halides is 3. The van der Waals surface area contributed by atoms with Crippen molar-refractivity contribution < 1.29 is 32.6 Å². The summed E-state index contributed by atoms with van der Waals surface area (Å²) in [7, 11) is 0. The van der Waals surface area contributed by atoms with E-state index in [1.54, 1.807) is 4.90 Å². The molecule has 1 saturated heterocycles. The van der Waals surface area contributed by atoms with E-state index in [0.29, 0.717) is 13.0 Å². The van der Waals surface area contributed by atoms with Gasteiger partial charge in [0, 0.05) is 19.0 Å². The van der Waals surface area contributed by atoms with Gasteiger partial charge in [0.1, 0.15) is 24.5 Å². The zero-order valence-electron chi connectivity index (χ0n) is 17.4. The third-order valence-electron chi connectivity index (χ3n) is 5.91. The Morgan fingerprint density at radius 2 is 1.90 bits per heavy atom. The van der Waals surface area contributed by atoms with Crippen molar-refractivity contribution in [2.75, 3.05) is 19.7 Å². The third-order valence-corrected chi connectivity index (χ3v) is 5.91. The van der Waals surface area contributed by atoms with E-state index in [9.17, 15) is 27.9 Å². The van der Waals surface area contributed by atoms with Gasteiger partial charge < -0.3 is 20.1 Å². The molecule has 0 aromatic heterocycles. The number of hydrogen-bond donors (Lipinski definition) is 2. The monoisotopic (exact) mass is 442 g/mol. The van der Waals surface area contributed by atoms with Crippen molar-refractivity contribution in [3.05, 3.63) is 29.8 Å². The molecule has 2 atom stereocenters. The minimum absolute atomic E-state index is 0.00592. The fraction of sp³-hybridized carbons (Fsp3) is 0.636. The van der Waals surface area contributed by atoms with Gasteiger partial charge in [0.15, 0.2) is 0 Å². The minimum Gasteiger partial charge on any atom is -0.491 e. The number of aliphatic hydroxyl groups excluding tert-OH is 1. The first-order valence-corrected chi connectivity index (χ1v) is 10.8. The molecular formula is C22H29F3N2O4. The number of rotatable bonds is 7. The van der Waals surface area contributed by atoms with E-state index in [0.717, 1.165) is 50.7 Å². The number of halogens is 3. The molecule has 1 aromatic rings. The van der Waals surface area contributed by atoms with Crippen molar-refractivity contribution in [1.82, 2.24) is 10.2 Å². The van der Waals surface area contributed by atoms with E-state index >= 15 is 0 Å². The fourth-order valence-electron chi connectivity index (χ4n) is 4.24. The lowest BCUT2D eigenvalue weighted by Crippen LogP contribution is -2.49.